The third-order valence-electron chi connectivity index (χ3n) is 3.83. The number of hydrogen-bond acceptors (Lipinski definition) is 2. The molecule has 0 radical (unpaired) electrons. The van der Waals surface area contributed by atoms with E-state index in [1.807, 2.05) is 0 Å². The molecule has 0 aromatic heterocycles. The van der Waals surface area contributed by atoms with Crippen LogP contribution < -0.4 is 11.5 Å². The summed E-state index contributed by atoms with van der Waals surface area (Å²) in [6, 6.07) is 17.0. The smallest absolute Gasteiger partial charge is 0.0520 e. The van der Waals surface area contributed by atoms with Crippen molar-refractivity contribution in [1.29, 1.82) is 0 Å². The molecule has 0 spiro atoms. The number of rotatable bonds is 5. The molecule has 0 aliphatic carbocycles. The molecule has 0 fully saturated rings. The molecule has 0 aliphatic heterocycles. The van der Waals surface area contributed by atoms with Crippen molar-refractivity contribution < 1.29 is 0 Å². The summed E-state index contributed by atoms with van der Waals surface area (Å²) in [5.74, 6) is 0. The molecule has 0 amide bonds. The summed E-state index contributed by atoms with van der Waals surface area (Å²) in [4.78, 5) is 0. The van der Waals surface area contributed by atoms with Crippen molar-refractivity contribution >= 4 is 0 Å². The fourth-order valence-electron chi connectivity index (χ4n) is 2.31. The molecule has 0 bridgehead atoms. The van der Waals surface area contributed by atoms with Gasteiger partial charge in [-0.15, -0.1) is 0 Å². The van der Waals surface area contributed by atoms with E-state index in [0.717, 1.165) is 6.42 Å². The van der Waals surface area contributed by atoms with E-state index in [0.29, 0.717) is 0 Å². The van der Waals surface area contributed by atoms with Gasteiger partial charge in [0.15, 0.2) is 0 Å². The second-order valence-electron chi connectivity index (χ2n) is 5.77. The van der Waals surface area contributed by atoms with Crippen molar-refractivity contribution in [3.05, 3.63) is 59.7 Å². The summed E-state index contributed by atoms with van der Waals surface area (Å²) in [6.45, 7) is 6.50. The maximum atomic E-state index is 5.31. The Hall–Kier alpha value is -1.64. The summed E-state index contributed by atoms with van der Waals surface area (Å²) in [5, 5.41) is 0. The summed E-state index contributed by atoms with van der Waals surface area (Å²) in [5.41, 5.74) is 16.0. The highest BCUT2D eigenvalue weighted by Gasteiger charge is 2.01. The first-order valence-corrected chi connectivity index (χ1v) is 8.19. The molecule has 0 aliphatic rings. The Labute approximate surface area is 135 Å². The number of aryl methyl sites for hydroxylation is 1. The molecule has 2 nitrogen and oxygen atoms in total. The average Bonchev–Trinajstić information content (AvgIpc) is 2.51. The Morgan fingerprint density at radius 1 is 0.864 bits per heavy atom. The Morgan fingerprint density at radius 3 is 2.14 bits per heavy atom. The summed E-state index contributed by atoms with van der Waals surface area (Å²) >= 11 is 0. The minimum absolute atomic E-state index is 0.0958. The molecule has 0 unspecified atom stereocenters. The van der Waals surface area contributed by atoms with Crippen LogP contribution in [0.1, 0.15) is 43.7 Å². The highest BCUT2D eigenvalue weighted by Crippen LogP contribution is 2.24. The van der Waals surface area contributed by atoms with Crippen molar-refractivity contribution in [2.75, 3.05) is 0 Å². The fourth-order valence-corrected chi connectivity index (χ4v) is 2.31. The maximum absolute atomic E-state index is 5.31. The summed E-state index contributed by atoms with van der Waals surface area (Å²) < 4.78 is 0. The zero-order chi connectivity index (χ0) is 16.4. The van der Waals surface area contributed by atoms with E-state index >= 15 is 0 Å². The molecular weight excluding hydrogens is 268 g/mol. The van der Waals surface area contributed by atoms with Gasteiger partial charge in [0.05, 0.1) is 6.17 Å². The van der Waals surface area contributed by atoms with Gasteiger partial charge in [0.25, 0.3) is 0 Å². The van der Waals surface area contributed by atoms with Gasteiger partial charge in [-0.1, -0.05) is 74.7 Å². The Morgan fingerprint density at radius 2 is 1.55 bits per heavy atom. The molecule has 0 saturated heterocycles. The molecule has 0 heterocycles. The second kappa shape index (κ2) is 10.1. The van der Waals surface area contributed by atoms with Gasteiger partial charge in [0.1, 0.15) is 0 Å². The molecule has 2 aromatic carbocycles. The van der Waals surface area contributed by atoms with Crippen LogP contribution in [0.2, 0.25) is 0 Å². The molecule has 0 atom stereocenters. The first-order chi connectivity index (χ1) is 10.6. The van der Waals surface area contributed by atoms with Crippen molar-refractivity contribution in [3.8, 4) is 11.1 Å². The quantitative estimate of drug-likeness (QED) is 0.616. The Kier molecular flexibility index (Phi) is 8.49. The van der Waals surface area contributed by atoms with E-state index in [2.05, 4.69) is 69.3 Å². The zero-order valence-corrected chi connectivity index (χ0v) is 14.2. The van der Waals surface area contributed by atoms with Gasteiger partial charge in [-0.3, -0.25) is 0 Å². The topological polar surface area (TPSA) is 52.0 Å². The molecule has 0 saturated carbocycles. The highest BCUT2D eigenvalue weighted by atomic mass is 14.8. The predicted molar refractivity (Wildman–Crippen MR) is 97.7 cm³/mol. The highest BCUT2D eigenvalue weighted by molar-refractivity contribution is 5.68. The van der Waals surface area contributed by atoms with E-state index in [1.54, 1.807) is 0 Å². The lowest BCUT2D eigenvalue weighted by Crippen LogP contribution is -2.29. The van der Waals surface area contributed by atoms with E-state index in [4.69, 9.17) is 11.5 Å². The number of unbranched alkanes of at least 4 members (excludes halogenated alkanes) is 2. The third-order valence-corrected chi connectivity index (χ3v) is 3.83. The van der Waals surface area contributed by atoms with Gasteiger partial charge < -0.3 is 11.5 Å². The average molecular weight is 298 g/mol. The lowest BCUT2D eigenvalue weighted by atomic mass is 9.97. The first kappa shape index (κ1) is 18.4. The van der Waals surface area contributed by atoms with Crippen LogP contribution in [0, 0.1) is 13.8 Å². The van der Waals surface area contributed by atoms with Crippen LogP contribution in [-0.4, -0.2) is 6.17 Å². The van der Waals surface area contributed by atoms with Gasteiger partial charge in [-0.2, -0.15) is 0 Å². The Balaban J connectivity index is 0.000000261. The molecule has 2 rings (SSSR count). The van der Waals surface area contributed by atoms with Crippen LogP contribution in [0.5, 0.6) is 0 Å². The summed E-state index contributed by atoms with van der Waals surface area (Å²) in [7, 11) is 0. The lowest BCUT2D eigenvalue weighted by Gasteiger charge is -2.07. The van der Waals surface area contributed by atoms with Crippen LogP contribution >= 0.6 is 0 Å². The van der Waals surface area contributed by atoms with Gasteiger partial charge >= 0.3 is 0 Å². The number of nitrogens with two attached hydrogens (primary N) is 2. The van der Waals surface area contributed by atoms with Gasteiger partial charge in [0.2, 0.25) is 0 Å². The predicted octanol–water partition coefficient (Wildman–Crippen LogP) is 4.78. The molecule has 22 heavy (non-hydrogen) atoms. The molecular formula is C20H30N2. The standard InChI is InChI=1S/C14H14.C6H16N2/c1-11-7-6-10-14(12(11)2)13-8-4-3-5-9-13;1-2-3-4-5-6(7)8/h3-10H,1-2H3;6H,2-5,7-8H2,1H3. The van der Waals surface area contributed by atoms with Crippen LogP contribution in [-0.2, 0) is 0 Å². The lowest BCUT2D eigenvalue weighted by molar-refractivity contribution is 0.575. The fraction of sp³-hybridized carbons (Fsp3) is 0.400. The second-order valence-corrected chi connectivity index (χ2v) is 5.77. The largest absolute Gasteiger partial charge is 0.316 e. The molecule has 4 N–H and O–H groups in total. The van der Waals surface area contributed by atoms with E-state index in [1.165, 1.54) is 41.5 Å². The van der Waals surface area contributed by atoms with E-state index in [9.17, 15) is 0 Å². The first-order valence-electron chi connectivity index (χ1n) is 8.19. The SMILES string of the molecule is CCCCCC(N)N.Cc1cccc(-c2ccccc2)c1C. The van der Waals surface area contributed by atoms with Gasteiger partial charge in [-0.25, -0.2) is 0 Å². The number of hydrogen-bond donors (Lipinski definition) is 2. The van der Waals surface area contributed by atoms with Crippen molar-refractivity contribution in [2.45, 2.75) is 52.6 Å². The van der Waals surface area contributed by atoms with Crippen LogP contribution in [0.4, 0.5) is 0 Å². The van der Waals surface area contributed by atoms with Gasteiger partial charge in [0, 0.05) is 0 Å². The zero-order valence-electron chi connectivity index (χ0n) is 14.2. The number of benzene rings is 2. The van der Waals surface area contributed by atoms with Crippen molar-refractivity contribution in [2.24, 2.45) is 11.5 Å². The van der Waals surface area contributed by atoms with Crippen molar-refractivity contribution in [3.63, 3.8) is 0 Å². The maximum Gasteiger partial charge on any atom is 0.0520 e. The molecule has 2 aromatic rings. The minimum atomic E-state index is -0.0958. The van der Waals surface area contributed by atoms with Crippen LogP contribution in [0.25, 0.3) is 11.1 Å². The minimum Gasteiger partial charge on any atom is -0.316 e. The normalized spacial score (nSPS) is 10.3. The van der Waals surface area contributed by atoms with Crippen LogP contribution in [0.15, 0.2) is 48.5 Å². The van der Waals surface area contributed by atoms with Gasteiger partial charge in [-0.05, 0) is 42.5 Å². The monoisotopic (exact) mass is 298 g/mol. The Bertz CT molecular complexity index is 533. The molecule has 2 heteroatoms. The van der Waals surface area contributed by atoms with Crippen LogP contribution in [0.3, 0.4) is 0 Å². The van der Waals surface area contributed by atoms with E-state index in [-0.39, 0.29) is 6.17 Å². The third kappa shape index (κ3) is 6.42. The molecule has 120 valence electrons. The summed E-state index contributed by atoms with van der Waals surface area (Å²) in [6.07, 6.45) is 4.54. The van der Waals surface area contributed by atoms with E-state index < -0.39 is 0 Å². The van der Waals surface area contributed by atoms with Crippen molar-refractivity contribution in [1.82, 2.24) is 0 Å².